The van der Waals surface area contributed by atoms with Gasteiger partial charge in [-0.2, -0.15) is 0 Å². The van der Waals surface area contributed by atoms with Crippen LogP contribution in [0.25, 0.3) is 0 Å². The van der Waals surface area contributed by atoms with E-state index in [4.69, 9.17) is 0 Å². The molecule has 2 rings (SSSR count). The Morgan fingerprint density at radius 1 is 1.50 bits per heavy atom. The zero-order valence-electron chi connectivity index (χ0n) is 11.3. The number of thioether (sulfide) groups is 1. The van der Waals surface area contributed by atoms with Gasteiger partial charge in [0.2, 0.25) is 5.91 Å². The summed E-state index contributed by atoms with van der Waals surface area (Å²) in [6, 6.07) is 7.59. The Bertz CT molecular complexity index is 598. The van der Waals surface area contributed by atoms with Gasteiger partial charge in [-0.25, -0.2) is 4.68 Å². The number of hydrogen-bond acceptors (Lipinski definition) is 5. The van der Waals surface area contributed by atoms with Crippen LogP contribution in [0.2, 0.25) is 0 Å². The van der Waals surface area contributed by atoms with E-state index in [1.165, 1.54) is 4.68 Å². The van der Waals surface area contributed by atoms with E-state index < -0.39 is 6.10 Å². The van der Waals surface area contributed by atoms with E-state index in [-0.39, 0.29) is 12.5 Å². The third kappa shape index (κ3) is 3.58. The first kappa shape index (κ1) is 14.5. The van der Waals surface area contributed by atoms with Crippen molar-refractivity contribution in [1.29, 1.82) is 0 Å². The molecular weight excluding hydrogens is 276 g/mol. The van der Waals surface area contributed by atoms with Crippen LogP contribution in [0.5, 0.6) is 0 Å². The van der Waals surface area contributed by atoms with Gasteiger partial charge in [0.1, 0.15) is 12.2 Å². The van der Waals surface area contributed by atoms with E-state index in [9.17, 15) is 9.90 Å². The highest BCUT2D eigenvalue weighted by Crippen LogP contribution is 2.24. The molecule has 0 spiro atoms. The highest BCUT2D eigenvalue weighted by molar-refractivity contribution is 7.98. The average Bonchev–Trinajstić information content (AvgIpc) is 2.88. The molecule has 20 heavy (non-hydrogen) atoms. The molecule has 1 unspecified atom stereocenters. The molecule has 1 amide bonds. The Balaban J connectivity index is 2.01. The van der Waals surface area contributed by atoms with E-state index in [2.05, 4.69) is 15.6 Å². The molecule has 0 radical (unpaired) electrons. The quantitative estimate of drug-likeness (QED) is 0.820. The zero-order chi connectivity index (χ0) is 14.5. The van der Waals surface area contributed by atoms with Gasteiger partial charge in [0.05, 0.1) is 18.0 Å². The van der Waals surface area contributed by atoms with Crippen molar-refractivity contribution < 1.29 is 9.90 Å². The molecule has 2 aromatic rings. The lowest BCUT2D eigenvalue weighted by atomic mass is 10.3. The SMILES string of the molecule is CSc1ccccc1NC(=O)Cn1cc(C(C)O)nn1. The van der Waals surface area contributed by atoms with Crippen molar-refractivity contribution >= 4 is 23.4 Å². The van der Waals surface area contributed by atoms with Gasteiger partial charge in [0, 0.05) is 4.90 Å². The molecule has 0 bridgehead atoms. The van der Waals surface area contributed by atoms with Crippen LogP contribution in [-0.2, 0) is 11.3 Å². The van der Waals surface area contributed by atoms with E-state index in [0.29, 0.717) is 5.69 Å². The van der Waals surface area contributed by atoms with Crippen LogP contribution in [0.4, 0.5) is 5.69 Å². The Kier molecular flexibility index (Phi) is 4.75. The lowest BCUT2D eigenvalue weighted by molar-refractivity contribution is -0.116. The number of rotatable bonds is 5. The van der Waals surface area contributed by atoms with Gasteiger partial charge in [-0.15, -0.1) is 16.9 Å². The summed E-state index contributed by atoms with van der Waals surface area (Å²) < 4.78 is 1.40. The number of para-hydroxylation sites is 1. The predicted octanol–water partition coefficient (Wildman–Crippen LogP) is 1.69. The second kappa shape index (κ2) is 6.53. The smallest absolute Gasteiger partial charge is 0.246 e. The summed E-state index contributed by atoms with van der Waals surface area (Å²) in [5.41, 5.74) is 1.23. The van der Waals surface area contributed by atoms with Gasteiger partial charge < -0.3 is 10.4 Å². The minimum Gasteiger partial charge on any atom is -0.387 e. The Morgan fingerprint density at radius 3 is 2.90 bits per heavy atom. The fourth-order valence-electron chi connectivity index (χ4n) is 1.67. The Hall–Kier alpha value is -1.86. The molecule has 0 fully saturated rings. The summed E-state index contributed by atoms with van der Waals surface area (Å²) in [5, 5.41) is 19.8. The van der Waals surface area contributed by atoms with E-state index in [1.54, 1.807) is 24.9 Å². The summed E-state index contributed by atoms with van der Waals surface area (Å²) in [7, 11) is 0. The predicted molar refractivity (Wildman–Crippen MR) is 77.5 cm³/mol. The molecule has 0 saturated heterocycles. The van der Waals surface area contributed by atoms with Gasteiger partial charge >= 0.3 is 0 Å². The third-order valence-electron chi connectivity index (χ3n) is 2.67. The summed E-state index contributed by atoms with van der Waals surface area (Å²) in [5.74, 6) is -0.187. The molecule has 1 aromatic heterocycles. The molecule has 106 valence electrons. The normalized spacial score (nSPS) is 12.2. The standard InChI is InChI=1S/C13H16N4O2S/c1-9(18)11-7-17(16-15-11)8-13(19)14-10-5-3-4-6-12(10)20-2/h3-7,9,18H,8H2,1-2H3,(H,14,19). The minimum atomic E-state index is -0.691. The highest BCUT2D eigenvalue weighted by Gasteiger charge is 2.10. The van der Waals surface area contributed by atoms with Crippen molar-refractivity contribution in [3.05, 3.63) is 36.2 Å². The van der Waals surface area contributed by atoms with E-state index >= 15 is 0 Å². The van der Waals surface area contributed by atoms with Crippen LogP contribution in [0, 0.1) is 0 Å². The maximum Gasteiger partial charge on any atom is 0.246 e. The first-order chi connectivity index (χ1) is 9.60. The number of carbonyl (C=O) groups is 1. The van der Waals surface area contributed by atoms with E-state index in [0.717, 1.165) is 10.6 Å². The first-order valence-corrected chi connectivity index (χ1v) is 7.33. The van der Waals surface area contributed by atoms with Gasteiger partial charge in [-0.1, -0.05) is 17.3 Å². The highest BCUT2D eigenvalue weighted by atomic mass is 32.2. The fourth-order valence-corrected chi connectivity index (χ4v) is 2.22. The summed E-state index contributed by atoms with van der Waals surface area (Å²) in [4.78, 5) is 13.0. The van der Waals surface area contributed by atoms with Crippen LogP contribution in [0.15, 0.2) is 35.4 Å². The second-order valence-corrected chi connectivity index (χ2v) is 5.11. The molecule has 6 nitrogen and oxygen atoms in total. The van der Waals surface area contributed by atoms with Crippen LogP contribution < -0.4 is 5.32 Å². The number of amides is 1. The van der Waals surface area contributed by atoms with Crippen molar-refractivity contribution in [2.45, 2.75) is 24.5 Å². The largest absolute Gasteiger partial charge is 0.387 e. The maximum atomic E-state index is 12.0. The minimum absolute atomic E-state index is 0.0580. The van der Waals surface area contributed by atoms with Crippen molar-refractivity contribution in [3.63, 3.8) is 0 Å². The van der Waals surface area contributed by atoms with Crippen LogP contribution in [0.3, 0.4) is 0 Å². The monoisotopic (exact) mass is 292 g/mol. The van der Waals surface area contributed by atoms with Gasteiger partial charge in [0.25, 0.3) is 0 Å². The Labute approximate surface area is 121 Å². The number of anilines is 1. The number of hydrogen-bond donors (Lipinski definition) is 2. The molecule has 0 aliphatic heterocycles. The summed E-state index contributed by atoms with van der Waals surface area (Å²) >= 11 is 1.57. The number of benzene rings is 1. The maximum absolute atomic E-state index is 12.0. The Morgan fingerprint density at radius 2 is 2.25 bits per heavy atom. The molecule has 1 atom stereocenters. The third-order valence-corrected chi connectivity index (χ3v) is 3.47. The summed E-state index contributed by atoms with van der Waals surface area (Å²) in [6.45, 7) is 1.66. The molecule has 0 saturated carbocycles. The topological polar surface area (TPSA) is 80.0 Å². The van der Waals surface area contributed by atoms with E-state index in [1.807, 2.05) is 30.5 Å². The number of nitrogens with zero attached hydrogens (tertiary/aromatic N) is 3. The number of nitrogens with one attached hydrogen (secondary N) is 1. The molecule has 1 heterocycles. The molecular formula is C13H16N4O2S. The van der Waals surface area contributed by atoms with Crippen molar-refractivity contribution in [2.75, 3.05) is 11.6 Å². The van der Waals surface area contributed by atoms with Crippen LogP contribution in [0.1, 0.15) is 18.7 Å². The number of aliphatic hydroxyl groups excluding tert-OH is 1. The van der Waals surface area contributed by atoms with Crippen molar-refractivity contribution in [3.8, 4) is 0 Å². The lowest BCUT2D eigenvalue weighted by Gasteiger charge is -2.08. The summed E-state index contributed by atoms with van der Waals surface area (Å²) in [6.07, 6.45) is 2.83. The molecule has 0 aliphatic rings. The first-order valence-electron chi connectivity index (χ1n) is 6.11. The fraction of sp³-hybridized carbons (Fsp3) is 0.308. The molecule has 7 heteroatoms. The zero-order valence-corrected chi connectivity index (χ0v) is 12.1. The van der Waals surface area contributed by atoms with Crippen LogP contribution in [-0.4, -0.2) is 32.3 Å². The number of carbonyl (C=O) groups excluding carboxylic acids is 1. The number of aromatic nitrogens is 3. The lowest BCUT2D eigenvalue weighted by Crippen LogP contribution is -2.19. The molecule has 0 aliphatic carbocycles. The molecule has 1 aromatic carbocycles. The average molecular weight is 292 g/mol. The van der Waals surface area contributed by atoms with Gasteiger partial charge in [0.15, 0.2) is 0 Å². The van der Waals surface area contributed by atoms with Gasteiger partial charge in [-0.3, -0.25) is 4.79 Å². The second-order valence-electron chi connectivity index (χ2n) is 4.27. The van der Waals surface area contributed by atoms with Gasteiger partial charge in [-0.05, 0) is 25.3 Å². The van der Waals surface area contributed by atoms with Crippen molar-refractivity contribution in [1.82, 2.24) is 15.0 Å². The number of aliphatic hydroxyl groups is 1. The van der Waals surface area contributed by atoms with Crippen molar-refractivity contribution in [2.24, 2.45) is 0 Å². The molecule has 2 N–H and O–H groups in total. The van der Waals surface area contributed by atoms with Crippen LogP contribution >= 0.6 is 11.8 Å².